The molecule has 1 N–H and O–H groups in total. The lowest BCUT2D eigenvalue weighted by molar-refractivity contribution is 0.476. The molecule has 0 radical (unpaired) electrons. The van der Waals surface area contributed by atoms with E-state index in [1.165, 1.54) is 0 Å². The molecule has 0 aliphatic carbocycles. The van der Waals surface area contributed by atoms with Crippen LogP contribution in [0, 0.1) is 0 Å². The topological polar surface area (TPSA) is 23.5 Å². The van der Waals surface area contributed by atoms with E-state index in [9.17, 15) is 0 Å². The normalized spacial score (nSPS) is 6.86. The summed E-state index contributed by atoms with van der Waals surface area (Å²) in [7, 11) is 6.00. The van der Waals surface area contributed by atoms with Gasteiger partial charge >= 0.3 is 0 Å². The van der Waals surface area contributed by atoms with Gasteiger partial charge in [-0.25, -0.2) is 0 Å². The first-order valence-electron chi connectivity index (χ1n) is 2.01. The Kier molecular flexibility index (Phi) is 12.6. The Morgan fingerprint density at radius 2 is 1.43 bits per heavy atom. The molecule has 0 rings (SSSR count). The Morgan fingerprint density at radius 3 is 1.43 bits per heavy atom. The van der Waals surface area contributed by atoms with Crippen LogP contribution < -0.4 is 0 Å². The maximum Gasteiger partial charge on any atom is 0.0719 e. The number of hydrogen-bond donors (Lipinski definition) is 1. The van der Waals surface area contributed by atoms with E-state index in [1.54, 1.807) is 0 Å². The molecule has 2 nitrogen and oxygen atoms in total. The molecule has 0 bridgehead atoms. The molecule has 0 aromatic carbocycles. The lowest BCUT2D eigenvalue weighted by atomic mass is 11.0. The Labute approximate surface area is 45.1 Å². The molecular formula is C5H13NO. The standard InChI is InChI=1S/C3H9N.C2H4O/c1-4(2)3;1-2-3/h1-3H3;2-3H,1H2. The Morgan fingerprint density at radius 1 is 1.43 bits per heavy atom. The Hall–Kier alpha value is -0.500. The molecule has 0 atom stereocenters. The van der Waals surface area contributed by atoms with Gasteiger partial charge in [-0.05, 0) is 21.1 Å². The van der Waals surface area contributed by atoms with E-state index >= 15 is 0 Å². The van der Waals surface area contributed by atoms with Crippen LogP contribution in [-0.4, -0.2) is 31.1 Å². The first-order chi connectivity index (χ1) is 3.15. The fourth-order valence-electron chi connectivity index (χ4n) is 0. The van der Waals surface area contributed by atoms with Crippen LogP contribution in [-0.2, 0) is 0 Å². The van der Waals surface area contributed by atoms with Crippen molar-refractivity contribution in [1.82, 2.24) is 4.90 Å². The van der Waals surface area contributed by atoms with E-state index < -0.39 is 0 Å². The second kappa shape index (κ2) is 9.09. The maximum absolute atomic E-state index is 7.33. The van der Waals surface area contributed by atoms with Crippen molar-refractivity contribution < 1.29 is 5.11 Å². The third-order valence-electron chi connectivity index (χ3n) is 0. The lowest BCUT2D eigenvalue weighted by Gasteiger charge is -1.90. The van der Waals surface area contributed by atoms with E-state index in [4.69, 9.17) is 5.11 Å². The predicted molar refractivity (Wildman–Crippen MR) is 32.4 cm³/mol. The molecule has 0 unspecified atom stereocenters. The number of hydrogen-bond acceptors (Lipinski definition) is 2. The first-order valence-corrected chi connectivity index (χ1v) is 2.01. The second-order valence-corrected chi connectivity index (χ2v) is 1.52. The van der Waals surface area contributed by atoms with Gasteiger partial charge in [-0.3, -0.25) is 0 Å². The third kappa shape index (κ3) is 270. The zero-order chi connectivity index (χ0) is 6.28. The molecule has 2 heteroatoms. The van der Waals surface area contributed by atoms with Crippen LogP contribution in [0.4, 0.5) is 0 Å². The minimum Gasteiger partial charge on any atom is -0.516 e. The van der Waals surface area contributed by atoms with Gasteiger partial charge in [-0.15, -0.1) is 0 Å². The summed E-state index contributed by atoms with van der Waals surface area (Å²) in [6.07, 6.45) is 0.750. The summed E-state index contributed by atoms with van der Waals surface area (Å²) in [6.45, 7) is 2.92. The summed E-state index contributed by atoms with van der Waals surface area (Å²) in [4.78, 5) is 2.00. The van der Waals surface area contributed by atoms with Crippen molar-refractivity contribution in [1.29, 1.82) is 0 Å². The van der Waals surface area contributed by atoms with Crippen LogP contribution in [0.2, 0.25) is 0 Å². The lowest BCUT2D eigenvalue weighted by Crippen LogP contribution is -1.99. The fourth-order valence-corrected chi connectivity index (χ4v) is 0. The minimum absolute atomic E-state index is 0.750. The SMILES string of the molecule is C=CO.CN(C)C. The van der Waals surface area contributed by atoms with Crippen molar-refractivity contribution >= 4 is 0 Å². The number of aliphatic hydroxyl groups is 1. The van der Waals surface area contributed by atoms with E-state index in [0.717, 1.165) is 6.26 Å². The molecule has 44 valence electrons. The zero-order valence-electron chi connectivity index (χ0n) is 5.18. The number of nitrogens with zero attached hydrogens (tertiary/aromatic N) is 1. The van der Waals surface area contributed by atoms with Crippen molar-refractivity contribution in [3.63, 3.8) is 0 Å². The van der Waals surface area contributed by atoms with E-state index in [1.807, 2.05) is 26.0 Å². The monoisotopic (exact) mass is 103 g/mol. The second-order valence-electron chi connectivity index (χ2n) is 1.52. The van der Waals surface area contributed by atoms with Crippen molar-refractivity contribution in [2.45, 2.75) is 0 Å². The number of aliphatic hydroxyl groups excluding tert-OH is 1. The van der Waals surface area contributed by atoms with E-state index in [0.29, 0.717) is 0 Å². The van der Waals surface area contributed by atoms with Crippen molar-refractivity contribution in [2.75, 3.05) is 21.1 Å². The first kappa shape index (κ1) is 9.71. The highest BCUT2D eigenvalue weighted by atomic mass is 16.2. The van der Waals surface area contributed by atoms with Gasteiger partial charge in [0, 0.05) is 0 Å². The predicted octanol–water partition coefficient (Wildman–Crippen LogP) is 0.866. The molecule has 0 saturated heterocycles. The Balaban J connectivity index is 0. The van der Waals surface area contributed by atoms with E-state index in [-0.39, 0.29) is 0 Å². The van der Waals surface area contributed by atoms with Crippen LogP contribution in [0.1, 0.15) is 0 Å². The van der Waals surface area contributed by atoms with Gasteiger partial charge in [0.05, 0.1) is 6.26 Å². The van der Waals surface area contributed by atoms with Gasteiger partial charge in [-0.2, -0.15) is 0 Å². The average molecular weight is 103 g/mol. The van der Waals surface area contributed by atoms with Crippen molar-refractivity contribution in [3.05, 3.63) is 12.8 Å². The van der Waals surface area contributed by atoms with Crippen LogP contribution in [0.5, 0.6) is 0 Å². The average Bonchev–Trinajstić information content (AvgIpc) is 1.33. The molecule has 0 aliphatic heterocycles. The smallest absolute Gasteiger partial charge is 0.0719 e. The van der Waals surface area contributed by atoms with Crippen LogP contribution in [0.3, 0.4) is 0 Å². The maximum atomic E-state index is 7.33. The van der Waals surface area contributed by atoms with Gasteiger partial charge in [0.2, 0.25) is 0 Å². The van der Waals surface area contributed by atoms with Gasteiger partial charge in [-0.1, -0.05) is 6.58 Å². The highest BCUT2D eigenvalue weighted by Gasteiger charge is 1.58. The summed E-state index contributed by atoms with van der Waals surface area (Å²) < 4.78 is 0. The molecule has 0 fully saturated rings. The summed E-state index contributed by atoms with van der Waals surface area (Å²) in [5, 5.41) is 7.33. The Bertz CT molecular complexity index is 32.3. The summed E-state index contributed by atoms with van der Waals surface area (Å²) in [5.41, 5.74) is 0. The zero-order valence-corrected chi connectivity index (χ0v) is 5.18. The molecule has 0 spiro atoms. The molecule has 0 amide bonds. The molecule has 0 aliphatic rings. The summed E-state index contributed by atoms with van der Waals surface area (Å²) in [6, 6.07) is 0. The highest BCUT2D eigenvalue weighted by Crippen LogP contribution is 1.47. The molecule has 0 aromatic heterocycles. The minimum atomic E-state index is 0.750. The van der Waals surface area contributed by atoms with Crippen LogP contribution >= 0.6 is 0 Å². The summed E-state index contributed by atoms with van der Waals surface area (Å²) in [5.74, 6) is 0. The summed E-state index contributed by atoms with van der Waals surface area (Å²) >= 11 is 0. The number of rotatable bonds is 0. The van der Waals surface area contributed by atoms with Crippen LogP contribution in [0.15, 0.2) is 12.8 Å². The van der Waals surface area contributed by atoms with Crippen molar-refractivity contribution in [3.8, 4) is 0 Å². The molecule has 0 heterocycles. The molecule has 7 heavy (non-hydrogen) atoms. The largest absolute Gasteiger partial charge is 0.516 e. The molecule has 0 aromatic rings. The molecule has 0 saturated carbocycles. The van der Waals surface area contributed by atoms with Gasteiger partial charge in [0.1, 0.15) is 0 Å². The van der Waals surface area contributed by atoms with E-state index in [2.05, 4.69) is 6.58 Å². The fraction of sp³-hybridized carbons (Fsp3) is 0.600. The third-order valence-corrected chi connectivity index (χ3v) is 0. The van der Waals surface area contributed by atoms with Crippen molar-refractivity contribution in [2.24, 2.45) is 0 Å². The molecular weight excluding hydrogens is 90.1 g/mol. The van der Waals surface area contributed by atoms with Gasteiger partial charge in [0.25, 0.3) is 0 Å². The highest BCUT2D eigenvalue weighted by molar-refractivity contribution is 4.38. The quantitative estimate of drug-likeness (QED) is 0.460. The van der Waals surface area contributed by atoms with Gasteiger partial charge < -0.3 is 10.0 Å². The van der Waals surface area contributed by atoms with Gasteiger partial charge in [0.15, 0.2) is 0 Å². The van der Waals surface area contributed by atoms with Crippen LogP contribution in [0.25, 0.3) is 0 Å².